The van der Waals surface area contributed by atoms with Gasteiger partial charge in [0.15, 0.2) is 6.10 Å². The molecular formula is C20H23F2NO5. The van der Waals surface area contributed by atoms with Gasteiger partial charge in [-0.1, -0.05) is 30.3 Å². The number of alkyl halides is 2. The Bertz CT molecular complexity index is 778. The Kier molecular flexibility index (Phi) is 5.43. The molecule has 28 heavy (non-hydrogen) atoms. The summed E-state index contributed by atoms with van der Waals surface area (Å²) in [7, 11) is 0. The number of hydrogen-bond acceptors (Lipinski definition) is 5. The molecule has 1 aromatic rings. The number of esters is 1. The van der Waals surface area contributed by atoms with Gasteiger partial charge in [0, 0.05) is 13.1 Å². The third-order valence-electron chi connectivity index (χ3n) is 5.08. The number of ether oxygens (including phenoxy) is 3. The van der Waals surface area contributed by atoms with Gasteiger partial charge in [0.1, 0.15) is 6.10 Å². The number of halogens is 2. The van der Waals surface area contributed by atoms with Crippen LogP contribution in [0.1, 0.15) is 26.3 Å². The Hall–Kier alpha value is -2.48. The molecule has 0 radical (unpaired) electrons. The average Bonchev–Trinajstić information content (AvgIpc) is 3.21. The van der Waals surface area contributed by atoms with E-state index in [4.69, 9.17) is 14.2 Å². The fourth-order valence-electron chi connectivity index (χ4n) is 3.61. The zero-order chi connectivity index (χ0) is 20.5. The third-order valence-corrected chi connectivity index (χ3v) is 5.08. The van der Waals surface area contributed by atoms with E-state index >= 15 is 8.78 Å². The van der Waals surface area contributed by atoms with Crippen molar-refractivity contribution in [3.63, 3.8) is 0 Å². The lowest BCUT2D eigenvalue weighted by atomic mass is 9.79. The van der Waals surface area contributed by atoms with Crippen LogP contribution in [-0.2, 0) is 19.0 Å². The highest BCUT2D eigenvalue weighted by atomic mass is 19.3. The van der Waals surface area contributed by atoms with E-state index in [2.05, 4.69) is 0 Å². The molecule has 0 unspecified atom stereocenters. The summed E-state index contributed by atoms with van der Waals surface area (Å²) in [5.41, 5.74) is -2.04. The fraction of sp³-hybridized carbons (Fsp3) is 0.500. The second-order valence-electron chi connectivity index (χ2n) is 6.54. The minimum absolute atomic E-state index is 0.133. The highest BCUT2D eigenvalue weighted by molar-refractivity contribution is 5.90. The minimum atomic E-state index is -3.80. The van der Waals surface area contributed by atoms with Crippen molar-refractivity contribution in [1.82, 2.24) is 4.90 Å². The second kappa shape index (κ2) is 7.50. The molecule has 1 saturated heterocycles. The van der Waals surface area contributed by atoms with E-state index in [1.165, 1.54) is 17.9 Å². The van der Waals surface area contributed by atoms with E-state index in [-0.39, 0.29) is 25.3 Å². The number of hydrogen-bond donors (Lipinski definition) is 0. The molecule has 2 aliphatic rings. The molecule has 0 saturated carbocycles. The summed E-state index contributed by atoms with van der Waals surface area (Å²) < 4.78 is 46.6. The third kappa shape index (κ3) is 2.87. The second-order valence-corrected chi connectivity index (χ2v) is 6.54. The Morgan fingerprint density at radius 1 is 1.14 bits per heavy atom. The van der Waals surface area contributed by atoms with Crippen LogP contribution in [0.15, 0.2) is 36.4 Å². The van der Waals surface area contributed by atoms with Crippen molar-refractivity contribution in [1.29, 1.82) is 0 Å². The quantitative estimate of drug-likeness (QED) is 0.692. The summed E-state index contributed by atoms with van der Waals surface area (Å²) in [5.74, 6) is -5.11. The summed E-state index contributed by atoms with van der Waals surface area (Å²) in [4.78, 5) is 26.3. The van der Waals surface area contributed by atoms with Gasteiger partial charge < -0.3 is 19.1 Å². The topological polar surface area (TPSA) is 65.1 Å². The van der Waals surface area contributed by atoms with Crippen LogP contribution in [0.25, 0.3) is 5.57 Å². The zero-order valence-electron chi connectivity index (χ0n) is 16.0. The van der Waals surface area contributed by atoms with Crippen LogP contribution < -0.4 is 0 Å². The molecule has 6 nitrogen and oxygen atoms in total. The van der Waals surface area contributed by atoms with Gasteiger partial charge in [-0.25, -0.2) is 9.59 Å². The minimum Gasteiger partial charge on any atom is -0.463 e. The van der Waals surface area contributed by atoms with Crippen LogP contribution in [0, 0.1) is 0 Å². The fourth-order valence-corrected chi connectivity index (χ4v) is 3.61. The van der Waals surface area contributed by atoms with E-state index in [0.29, 0.717) is 5.56 Å². The molecular weight excluding hydrogens is 372 g/mol. The van der Waals surface area contributed by atoms with E-state index in [9.17, 15) is 9.59 Å². The van der Waals surface area contributed by atoms with Gasteiger partial charge in [-0.3, -0.25) is 0 Å². The van der Waals surface area contributed by atoms with Crippen molar-refractivity contribution < 1.29 is 32.6 Å². The van der Waals surface area contributed by atoms with Gasteiger partial charge >= 0.3 is 23.6 Å². The van der Waals surface area contributed by atoms with Crippen LogP contribution in [0.5, 0.6) is 0 Å². The van der Waals surface area contributed by atoms with E-state index in [0.717, 1.165) is 0 Å². The number of benzene rings is 1. The van der Waals surface area contributed by atoms with Crippen molar-refractivity contribution in [2.24, 2.45) is 0 Å². The Morgan fingerprint density at radius 3 is 2.32 bits per heavy atom. The SMILES string of the molecule is CCOC(=O)[C@]1(OC(=O)N(CC)CC)[C@@H]2C=C(c3ccccc3)[C@@H](O2)C1(F)F. The maximum atomic E-state index is 15.5. The summed E-state index contributed by atoms with van der Waals surface area (Å²) in [5, 5.41) is 0. The first-order valence-electron chi connectivity index (χ1n) is 9.28. The lowest BCUT2D eigenvalue weighted by Crippen LogP contribution is -2.64. The first kappa shape index (κ1) is 20.3. The smallest absolute Gasteiger partial charge is 0.411 e. The number of amides is 1. The number of carbonyl (C=O) groups is 2. The van der Waals surface area contributed by atoms with Crippen LogP contribution >= 0.6 is 0 Å². The number of nitrogens with zero attached hydrogens (tertiary/aromatic N) is 1. The van der Waals surface area contributed by atoms with Crippen molar-refractivity contribution >= 4 is 17.6 Å². The van der Waals surface area contributed by atoms with Gasteiger partial charge in [0.25, 0.3) is 0 Å². The maximum Gasteiger partial charge on any atom is 0.411 e. The standard InChI is InChI=1S/C20H23F2NO5/c1-4-23(5-2)18(25)28-19(17(24)26-6-3)15-12-14(13-10-8-7-9-11-13)16(27-15)20(19,21)22/h7-12,15-16H,4-6H2,1-3H3/t15-,16+,19+/m0/s1. The van der Waals surface area contributed by atoms with Crippen molar-refractivity contribution in [2.45, 2.75) is 44.5 Å². The monoisotopic (exact) mass is 395 g/mol. The molecule has 0 spiro atoms. The van der Waals surface area contributed by atoms with Crippen molar-refractivity contribution in [3.8, 4) is 0 Å². The summed E-state index contributed by atoms with van der Waals surface area (Å²) in [6.07, 6.45) is -2.75. The summed E-state index contributed by atoms with van der Waals surface area (Å²) >= 11 is 0. The predicted octanol–water partition coefficient (Wildman–Crippen LogP) is 3.27. The average molecular weight is 395 g/mol. The maximum absolute atomic E-state index is 15.5. The number of fused-ring (bicyclic) bond motifs is 2. The van der Waals surface area contributed by atoms with Gasteiger partial charge in [0.05, 0.1) is 6.61 Å². The van der Waals surface area contributed by atoms with E-state index in [1.807, 2.05) is 0 Å². The van der Waals surface area contributed by atoms with Crippen LogP contribution in [0.4, 0.5) is 13.6 Å². The van der Waals surface area contributed by atoms with Gasteiger partial charge in [-0.15, -0.1) is 0 Å². The molecule has 1 amide bonds. The zero-order valence-corrected chi connectivity index (χ0v) is 16.0. The van der Waals surface area contributed by atoms with E-state index in [1.54, 1.807) is 44.2 Å². The molecule has 1 fully saturated rings. The van der Waals surface area contributed by atoms with Crippen LogP contribution in [-0.4, -0.2) is 60.4 Å². The Morgan fingerprint density at radius 2 is 1.79 bits per heavy atom. The van der Waals surface area contributed by atoms with Crippen molar-refractivity contribution in [2.75, 3.05) is 19.7 Å². The molecule has 152 valence electrons. The van der Waals surface area contributed by atoms with Crippen molar-refractivity contribution in [3.05, 3.63) is 42.0 Å². The summed E-state index contributed by atoms with van der Waals surface area (Å²) in [6, 6.07) is 8.57. The molecule has 0 aromatic heterocycles. The molecule has 2 heterocycles. The normalized spacial score (nSPS) is 27.2. The predicted molar refractivity (Wildman–Crippen MR) is 96.8 cm³/mol. The highest BCUT2D eigenvalue weighted by Gasteiger charge is 2.80. The lowest BCUT2D eigenvalue weighted by molar-refractivity contribution is -0.204. The largest absolute Gasteiger partial charge is 0.463 e. The Balaban J connectivity index is 2.05. The van der Waals surface area contributed by atoms with Gasteiger partial charge in [-0.05, 0) is 38.0 Å². The highest BCUT2D eigenvalue weighted by Crippen LogP contribution is 2.56. The van der Waals surface area contributed by atoms with Gasteiger partial charge in [-0.2, -0.15) is 8.78 Å². The molecule has 2 aliphatic heterocycles. The first-order chi connectivity index (χ1) is 13.3. The molecule has 2 bridgehead atoms. The Labute approximate surface area is 162 Å². The van der Waals surface area contributed by atoms with Crippen LogP contribution in [0.3, 0.4) is 0 Å². The number of rotatable bonds is 6. The molecule has 0 aliphatic carbocycles. The van der Waals surface area contributed by atoms with E-state index < -0.39 is 35.8 Å². The molecule has 3 atom stereocenters. The molecule has 1 aromatic carbocycles. The molecule has 0 N–H and O–H groups in total. The summed E-state index contributed by atoms with van der Waals surface area (Å²) in [6.45, 7) is 5.23. The molecule has 3 rings (SSSR count). The van der Waals surface area contributed by atoms with Gasteiger partial charge in [0.2, 0.25) is 0 Å². The van der Waals surface area contributed by atoms with Crippen LogP contribution in [0.2, 0.25) is 0 Å². The molecule has 8 heteroatoms. The number of carbonyl (C=O) groups excluding carboxylic acids is 2. The first-order valence-corrected chi connectivity index (χ1v) is 9.28. The lowest BCUT2D eigenvalue weighted by Gasteiger charge is -2.38.